The molecule has 25 heavy (non-hydrogen) atoms. The van der Waals surface area contributed by atoms with Gasteiger partial charge >= 0.3 is 0 Å². The Morgan fingerprint density at radius 1 is 1.12 bits per heavy atom. The number of benzene rings is 1. The first-order valence-electron chi connectivity index (χ1n) is 8.87. The summed E-state index contributed by atoms with van der Waals surface area (Å²) >= 11 is 0. The second-order valence-electron chi connectivity index (χ2n) is 7.24. The summed E-state index contributed by atoms with van der Waals surface area (Å²) in [5.74, 6) is 0.929. The van der Waals surface area contributed by atoms with Crippen molar-refractivity contribution in [2.75, 3.05) is 19.0 Å². The number of fused-ring (bicyclic) bond motifs is 5. The van der Waals surface area contributed by atoms with Crippen LogP contribution in [-0.2, 0) is 14.4 Å². The van der Waals surface area contributed by atoms with Crippen molar-refractivity contribution in [1.82, 2.24) is 4.90 Å². The molecule has 1 saturated heterocycles. The van der Waals surface area contributed by atoms with E-state index >= 15 is 0 Å². The van der Waals surface area contributed by atoms with Gasteiger partial charge in [0, 0.05) is 18.7 Å². The van der Waals surface area contributed by atoms with E-state index in [2.05, 4.69) is 5.32 Å². The predicted molar refractivity (Wildman–Crippen MR) is 90.8 cm³/mol. The van der Waals surface area contributed by atoms with Gasteiger partial charge in [0.25, 0.3) is 0 Å². The van der Waals surface area contributed by atoms with E-state index in [1.165, 1.54) is 4.90 Å². The molecule has 2 aliphatic carbocycles. The Balaban J connectivity index is 1.34. The van der Waals surface area contributed by atoms with E-state index in [-0.39, 0.29) is 42.5 Å². The van der Waals surface area contributed by atoms with Gasteiger partial charge in [-0.15, -0.1) is 0 Å². The number of nitrogens with zero attached hydrogens (tertiary/aromatic N) is 1. The highest BCUT2D eigenvalue weighted by Gasteiger charge is 2.60. The molecule has 3 aliphatic rings. The highest BCUT2D eigenvalue weighted by Crippen LogP contribution is 2.56. The van der Waals surface area contributed by atoms with Crippen molar-refractivity contribution in [3.05, 3.63) is 24.3 Å². The molecule has 132 valence electrons. The number of hydrogen-bond donors (Lipinski definition) is 1. The summed E-state index contributed by atoms with van der Waals surface area (Å²) in [4.78, 5) is 38.6. The second-order valence-corrected chi connectivity index (χ2v) is 7.24. The van der Waals surface area contributed by atoms with Gasteiger partial charge in [-0.2, -0.15) is 0 Å². The Kier molecular flexibility index (Phi) is 3.98. The van der Waals surface area contributed by atoms with Crippen LogP contribution < -0.4 is 10.1 Å². The Morgan fingerprint density at radius 2 is 1.72 bits per heavy atom. The lowest BCUT2D eigenvalue weighted by Crippen LogP contribution is -2.35. The number of hydrogen-bond acceptors (Lipinski definition) is 4. The van der Waals surface area contributed by atoms with E-state index in [9.17, 15) is 14.4 Å². The average Bonchev–Trinajstić information content (AvgIpc) is 3.29. The SMILES string of the molecule is COc1ccc(NC(=O)CCN2C(=O)[C@H]3[C@@H]4CC[C@@H](C4)[C@@H]3C2=O)cc1. The number of nitrogens with one attached hydrogen (secondary N) is 1. The fourth-order valence-corrected chi connectivity index (χ4v) is 4.80. The number of ether oxygens (including phenoxy) is 1. The van der Waals surface area contributed by atoms with Crippen molar-refractivity contribution in [3.8, 4) is 5.75 Å². The molecule has 2 bridgehead atoms. The minimum absolute atomic E-state index is 0.0561. The van der Waals surface area contributed by atoms with E-state index in [1.807, 2.05) is 0 Å². The van der Waals surface area contributed by atoms with Crippen molar-refractivity contribution >= 4 is 23.4 Å². The molecule has 0 unspecified atom stereocenters. The summed E-state index contributed by atoms with van der Waals surface area (Å²) < 4.78 is 5.08. The number of carbonyl (C=O) groups excluding carboxylic acids is 3. The van der Waals surface area contributed by atoms with Crippen molar-refractivity contribution in [2.45, 2.75) is 25.7 Å². The highest BCUT2D eigenvalue weighted by atomic mass is 16.5. The lowest BCUT2D eigenvalue weighted by molar-refractivity contribution is -0.140. The first-order valence-corrected chi connectivity index (χ1v) is 8.87. The largest absolute Gasteiger partial charge is 0.497 e. The van der Waals surface area contributed by atoms with Gasteiger partial charge in [0.15, 0.2) is 0 Å². The van der Waals surface area contributed by atoms with Crippen molar-refractivity contribution in [3.63, 3.8) is 0 Å². The van der Waals surface area contributed by atoms with E-state index in [4.69, 9.17) is 4.74 Å². The molecule has 1 aromatic carbocycles. The summed E-state index contributed by atoms with van der Waals surface area (Å²) in [7, 11) is 1.58. The van der Waals surface area contributed by atoms with Crippen LogP contribution in [0.5, 0.6) is 5.75 Å². The molecule has 0 aromatic heterocycles. The van der Waals surface area contributed by atoms with Gasteiger partial charge in [-0.25, -0.2) is 0 Å². The maximum absolute atomic E-state index is 12.6. The number of carbonyl (C=O) groups is 3. The van der Waals surface area contributed by atoms with Crippen LogP contribution in [0.4, 0.5) is 5.69 Å². The summed E-state index contributed by atoms with van der Waals surface area (Å²) in [5, 5.41) is 2.78. The molecule has 2 saturated carbocycles. The molecule has 4 atom stereocenters. The zero-order valence-corrected chi connectivity index (χ0v) is 14.2. The number of imide groups is 1. The van der Waals surface area contributed by atoms with Gasteiger partial charge in [-0.3, -0.25) is 19.3 Å². The topological polar surface area (TPSA) is 75.7 Å². The summed E-state index contributed by atoms with van der Waals surface area (Å²) in [6.45, 7) is 0.173. The minimum Gasteiger partial charge on any atom is -0.497 e. The van der Waals surface area contributed by atoms with Gasteiger partial charge in [0.2, 0.25) is 17.7 Å². The maximum Gasteiger partial charge on any atom is 0.233 e. The third-order valence-corrected chi connectivity index (χ3v) is 5.95. The van der Waals surface area contributed by atoms with E-state index in [0.717, 1.165) is 19.3 Å². The van der Waals surface area contributed by atoms with Crippen LogP contribution in [0, 0.1) is 23.7 Å². The zero-order valence-electron chi connectivity index (χ0n) is 14.2. The third-order valence-electron chi connectivity index (χ3n) is 5.95. The van der Waals surface area contributed by atoms with E-state index < -0.39 is 0 Å². The Labute approximate surface area is 146 Å². The number of methoxy groups -OCH3 is 1. The molecule has 1 N–H and O–H groups in total. The molecular formula is C19H22N2O4. The molecule has 6 nitrogen and oxygen atoms in total. The Morgan fingerprint density at radius 3 is 2.28 bits per heavy atom. The minimum atomic E-state index is -0.203. The van der Waals surface area contributed by atoms with Crippen LogP contribution in [0.3, 0.4) is 0 Å². The fourth-order valence-electron chi connectivity index (χ4n) is 4.80. The molecular weight excluding hydrogens is 320 g/mol. The van der Waals surface area contributed by atoms with Gasteiger partial charge in [0.05, 0.1) is 18.9 Å². The number of rotatable bonds is 5. The molecule has 0 spiro atoms. The zero-order chi connectivity index (χ0) is 17.6. The van der Waals surface area contributed by atoms with Gasteiger partial charge in [-0.05, 0) is 55.4 Å². The van der Waals surface area contributed by atoms with Crippen molar-refractivity contribution < 1.29 is 19.1 Å². The van der Waals surface area contributed by atoms with Crippen LogP contribution in [-0.4, -0.2) is 36.3 Å². The first kappa shape index (κ1) is 16.1. The van der Waals surface area contributed by atoms with Crippen LogP contribution in [0.2, 0.25) is 0 Å². The second kappa shape index (κ2) is 6.17. The number of likely N-dealkylation sites (tertiary alicyclic amines) is 1. The average molecular weight is 342 g/mol. The first-order chi connectivity index (χ1) is 12.1. The summed E-state index contributed by atoms with van der Waals surface area (Å²) in [6.07, 6.45) is 3.28. The molecule has 6 heteroatoms. The number of anilines is 1. The highest BCUT2D eigenvalue weighted by molar-refractivity contribution is 6.06. The molecule has 1 aliphatic heterocycles. The maximum atomic E-state index is 12.6. The van der Waals surface area contributed by atoms with Crippen molar-refractivity contribution in [2.24, 2.45) is 23.7 Å². The van der Waals surface area contributed by atoms with Crippen LogP contribution in [0.1, 0.15) is 25.7 Å². The number of amides is 3. The van der Waals surface area contributed by atoms with E-state index in [1.54, 1.807) is 31.4 Å². The molecule has 4 rings (SSSR count). The summed E-state index contributed by atoms with van der Waals surface area (Å²) in [5.41, 5.74) is 0.666. The van der Waals surface area contributed by atoms with Crippen LogP contribution >= 0.6 is 0 Å². The predicted octanol–water partition coefficient (Wildman–Crippen LogP) is 2.05. The normalized spacial score (nSPS) is 29.9. The van der Waals surface area contributed by atoms with E-state index in [0.29, 0.717) is 23.3 Å². The third kappa shape index (κ3) is 2.69. The molecule has 0 radical (unpaired) electrons. The van der Waals surface area contributed by atoms with Gasteiger partial charge in [-0.1, -0.05) is 0 Å². The molecule has 1 aromatic rings. The van der Waals surface area contributed by atoms with Gasteiger partial charge in [0.1, 0.15) is 5.75 Å². The van der Waals surface area contributed by atoms with Crippen LogP contribution in [0.25, 0.3) is 0 Å². The smallest absolute Gasteiger partial charge is 0.233 e. The Hall–Kier alpha value is -2.37. The fraction of sp³-hybridized carbons (Fsp3) is 0.526. The standard InChI is InChI=1S/C19H22N2O4/c1-25-14-6-4-13(5-7-14)20-15(22)8-9-21-18(23)16-11-2-3-12(10-11)17(16)19(21)24/h4-7,11-12,16-17H,2-3,8-10H2,1H3,(H,20,22)/t11-,12+,16-,17-/m0/s1. The van der Waals surface area contributed by atoms with Crippen LogP contribution in [0.15, 0.2) is 24.3 Å². The molecule has 1 heterocycles. The van der Waals surface area contributed by atoms with Crippen molar-refractivity contribution in [1.29, 1.82) is 0 Å². The lowest BCUT2D eigenvalue weighted by atomic mass is 9.81. The summed E-state index contributed by atoms with van der Waals surface area (Å²) in [6, 6.07) is 7.04. The molecule has 3 fully saturated rings. The quantitative estimate of drug-likeness (QED) is 0.831. The monoisotopic (exact) mass is 342 g/mol. The van der Waals surface area contributed by atoms with Gasteiger partial charge < -0.3 is 10.1 Å². The Bertz CT molecular complexity index is 687. The lowest BCUT2D eigenvalue weighted by Gasteiger charge is -2.19. The molecule has 3 amide bonds.